The number of carbonyl (C=O) groups excluding carboxylic acids is 1. The molecule has 0 saturated heterocycles. The Kier molecular flexibility index (Phi) is 5.02. The topological polar surface area (TPSA) is 101 Å². The van der Waals surface area contributed by atoms with Gasteiger partial charge in [0.25, 0.3) is 0 Å². The molecule has 0 saturated carbocycles. The van der Waals surface area contributed by atoms with Crippen LogP contribution >= 0.6 is 0 Å². The summed E-state index contributed by atoms with van der Waals surface area (Å²) in [4.78, 5) is 22.0. The van der Waals surface area contributed by atoms with Crippen molar-refractivity contribution in [3.63, 3.8) is 0 Å². The highest BCUT2D eigenvalue weighted by Crippen LogP contribution is 2.14. The summed E-state index contributed by atoms with van der Waals surface area (Å²) in [7, 11) is -3.86. The fourth-order valence-electron chi connectivity index (χ4n) is 1.51. The normalized spacial score (nSPS) is 14.6. The second-order valence-electron chi connectivity index (χ2n) is 4.62. The lowest BCUT2D eigenvalue weighted by atomic mass is 10.1. The van der Waals surface area contributed by atoms with E-state index < -0.39 is 28.0 Å². The van der Waals surface area contributed by atoms with Gasteiger partial charge >= 0.3 is 5.97 Å². The monoisotopic (exact) mass is 299 g/mol. The first-order valence-electron chi connectivity index (χ1n) is 6.01. The molecule has 1 aromatic carbocycles. The van der Waals surface area contributed by atoms with Gasteiger partial charge in [-0.25, -0.2) is 13.1 Å². The highest BCUT2D eigenvalue weighted by molar-refractivity contribution is 7.89. The van der Waals surface area contributed by atoms with Gasteiger partial charge in [-0.1, -0.05) is 19.1 Å². The van der Waals surface area contributed by atoms with E-state index in [1.54, 1.807) is 0 Å². The van der Waals surface area contributed by atoms with E-state index in [1.165, 1.54) is 45.0 Å². The van der Waals surface area contributed by atoms with Crippen LogP contribution in [-0.4, -0.2) is 31.3 Å². The Morgan fingerprint density at radius 2 is 1.85 bits per heavy atom. The van der Waals surface area contributed by atoms with Crippen LogP contribution in [0.15, 0.2) is 29.2 Å². The molecule has 0 bridgehead atoms. The van der Waals surface area contributed by atoms with Gasteiger partial charge in [0, 0.05) is 11.6 Å². The van der Waals surface area contributed by atoms with Crippen molar-refractivity contribution in [1.82, 2.24) is 4.72 Å². The molecule has 7 heteroatoms. The maximum atomic E-state index is 12.1. The van der Waals surface area contributed by atoms with E-state index in [4.69, 9.17) is 5.11 Å². The molecule has 0 aliphatic heterocycles. The predicted molar refractivity (Wildman–Crippen MR) is 73.0 cm³/mol. The number of hydrogen-bond donors (Lipinski definition) is 2. The standard InChI is InChI=1S/C13H17NO5S/c1-8(13(16)17)9(2)14-20(18,19)12-6-4-5-11(7-12)10(3)15/h4-9,14H,1-3H3,(H,16,17). The predicted octanol–water partition coefficient (Wildman–Crippen LogP) is 1.28. The third-order valence-electron chi connectivity index (χ3n) is 3.03. The summed E-state index contributed by atoms with van der Waals surface area (Å²) in [6, 6.07) is 4.84. The summed E-state index contributed by atoms with van der Waals surface area (Å²) in [6.45, 7) is 4.24. The van der Waals surface area contributed by atoms with Crippen LogP contribution in [0.5, 0.6) is 0 Å². The Labute approximate surface area is 117 Å². The zero-order chi connectivity index (χ0) is 15.5. The molecule has 2 unspecified atom stereocenters. The van der Waals surface area contributed by atoms with Gasteiger partial charge < -0.3 is 5.11 Å². The molecule has 0 spiro atoms. The van der Waals surface area contributed by atoms with Gasteiger partial charge in [-0.2, -0.15) is 0 Å². The van der Waals surface area contributed by atoms with Crippen LogP contribution in [0.2, 0.25) is 0 Å². The van der Waals surface area contributed by atoms with E-state index in [9.17, 15) is 18.0 Å². The van der Waals surface area contributed by atoms with Crippen molar-refractivity contribution in [2.24, 2.45) is 5.92 Å². The lowest BCUT2D eigenvalue weighted by Crippen LogP contribution is -2.40. The molecule has 0 aliphatic rings. The number of nitrogens with one attached hydrogen (secondary N) is 1. The van der Waals surface area contributed by atoms with Gasteiger partial charge in [0.2, 0.25) is 10.0 Å². The lowest BCUT2D eigenvalue weighted by molar-refractivity contribution is -0.141. The Hall–Kier alpha value is -1.73. The van der Waals surface area contributed by atoms with Crippen molar-refractivity contribution in [3.05, 3.63) is 29.8 Å². The number of benzene rings is 1. The average Bonchev–Trinajstić information content (AvgIpc) is 2.37. The average molecular weight is 299 g/mol. The quantitative estimate of drug-likeness (QED) is 0.771. The van der Waals surface area contributed by atoms with Crippen LogP contribution in [0.25, 0.3) is 0 Å². The molecule has 6 nitrogen and oxygen atoms in total. The Morgan fingerprint density at radius 1 is 1.25 bits per heavy atom. The summed E-state index contributed by atoms with van der Waals surface area (Å²) < 4.78 is 26.6. The number of carboxylic acid groups (broad SMARTS) is 1. The smallest absolute Gasteiger partial charge is 0.307 e. The van der Waals surface area contributed by atoms with E-state index in [0.29, 0.717) is 0 Å². The molecule has 110 valence electrons. The maximum Gasteiger partial charge on any atom is 0.307 e. The van der Waals surface area contributed by atoms with Crippen molar-refractivity contribution in [2.45, 2.75) is 31.7 Å². The minimum Gasteiger partial charge on any atom is -0.481 e. The van der Waals surface area contributed by atoms with Gasteiger partial charge in [-0.05, 0) is 26.0 Å². The molecule has 0 amide bonds. The second-order valence-corrected chi connectivity index (χ2v) is 6.33. The second kappa shape index (κ2) is 6.15. The molecule has 2 atom stereocenters. The van der Waals surface area contributed by atoms with Crippen LogP contribution < -0.4 is 4.72 Å². The fourth-order valence-corrected chi connectivity index (χ4v) is 2.88. The van der Waals surface area contributed by atoms with E-state index in [-0.39, 0.29) is 16.2 Å². The third kappa shape index (κ3) is 3.88. The number of sulfonamides is 1. The summed E-state index contributed by atoms with van der Waals surface area (Å²) in [5.41, 5.74) is 0.284. The highest BCUT2D eigenvalue weighted by atomic mass is 32.2. The van der Waals surface area contributed by atoms with Crippen molar-refractivity contribution in [3.8, 4) is 0 Å². The van der Waals surface area contributed by atoms with Crippen LogP contribution in [0.4, 0.5) is 0 Å². The van der Waals surface area contributed by atoms with Gasteiger partial charge in [-0.15, -0.1) is 0 Å². The molecule has 0 fully saturated rings. The van der Waals surface area contributed by atoms with Crippen molar-refractivity contribution < 1.29 is 23.1 Å². The van der Waals surface area contributed by atoms with Gasteiger partial charge in [-0.3, -0.25) is 9.59 Å². The zero-order valence-electron chi connectivity index (χ0n) is 11.5. The van der Waals surface area contributed by atoms with E-state index in [1.807, 2.05) is 0 Å². The minimum atomic E-state index is -3.86. The maximum absolute atomic E-state index is 12.1. The van der Waals surface area contributed by atoms with Gasteiger partial charge in [0.05, 0.1) is 10.8 Å². The van der Waals surface area contributed by atoms with Crippen molar-refractivity contribution in [1.29, 1.82) is 0 Å². The number of Topliss-reactive ketones (excluding diaryl/α,β-unsaturated/α-hetero) is 1. The Bertz CT molecular complexity index is 623. The van der Waals surface area contributed by atoms with E-state index in [2.05, 4.69) is 4.72 Å². The minimum absolute atomic E-state index is 0.0605. The molecule has 2 N–H and O–H groups in total. The molecule has 0 heterocycles. The van der Waals surface area contributed by atoms with E-state index in [0.717, 1.165) is 0 Å². The lowest BCUT2D eigenvalue weighted by Gasteiger charge is -2.18. The molecule has 20 heavy (non-hydrogen) atoms. The molecule has 1 aromatic rings. The molecular weight excluding hydrogens is 282 g/mol. The van der Waals surface area contributed by atoms with E-state index >= 15 is 0 Å². The SMILES string of the molecule is CC(=O)c1cccc(S(=O)(=O)NC(C)C(C)C(=O)O)c1. The van der Waals surface area contributed by atoms with Gasteiger partial charge in [0.15, 0.2) is 5.78 Å². The van der Waals surface area contributed by atoms with Crippen molar-refractivity contribution >= 4 is 21.8 Å². The first-order valence-corrected chi connectivity index (χ1v) is 7.49. The molecule has 0 aromatic heterocycles. The number of carbonyl (C=O) groups is 2. The Balaban J connectivity index is 3.03. The molecular formula is C13H17NO5S. The zero-order valence-corrected chi connectivity index (χ0v) is 12.3. The first-order chi connectivity index (χ1) is 9.15. The van der Waals surface area contributed by atoms with Crippen LogP contribution in [-0.2, 0) is 14.8 Å². The number of hydrogen-bond acceptors (Lipinski definition) is 4. The molecule has 1 rings (SSSR count). The fraction of sp³-hybridized carbons (Fsp3) is 0.385. The van der Waals surface area contributed by atoms with Gasteiger partial charge in [0.1, 0.15) is 0 Å². The molecule has 0 radical (unpaired) electrons. The first kappa shape index (κ1) is 16.3. The summed E-state index contributed by atoms with van der Waals surface area (Å²) in [6.07, 6.45) is 0. The van der Waals surface area contributed by atoms with Crippen LogP contribution in [0.1, 0.15) is 31.1 Å². The number of aliphatic carboxylic acids is 1. The summed E-state index contributed by atoms with van der Waals surface area (Å²) in [5, 5.41) is 8.86. The Morgan fingerprint density at radius 3 is 2.35 bits per heavy atom. The number of ketones is 1. The summed E-state index contributed by atoms with van der Waals surface area (Å²) in [5.74, 6) is -2.19. The molecule has 0 aliphatic carbocycles. The largest absolute Gasteiger partial charge is 0.481 e. The highest BCUT2D eigenvalue weighted by Gasteiger charge is 2.25. The van der Waals surface area contributed by atoms with Crippen LogP contribution in [0.3, 0.4) is 0 Å². The number of rotatable bonds is 6. The third-order valence-corrected chi connectivity index (χ3v) is 4.59. The summed E-state index contributed by atoms with van der Waals surface area (Å²) >= 11 is 0. The van der Waals surface area contributed by atoms with Crippen LogP contribution in [0, 0.1) is 5.92 Å². The number of carboxylic acids is 1. The van der Waals surface area contributed by atoms with Crippen molar-refractivity contribution in [2.75, 3.05) is 0 Å².